The number of carbonyl (C=O) groups excluding carboxylic acids is 3. The molecule has 0 rings (SSSR count). The average Bonchev–Trinajstić information content (AvgIpc) is 3.41. The van der Waals surface area contributed by atoms with E-state index in [0.29, 0.717) is 19.3 Å². The van der Waals surface area contributed by atoms with Crippen molar-refractivity contribution < 1.29 is 28.6 Å². The molecule has 0 aromatic heterocycles. The zero-order chi connectivity index (χ0) is 54.3. The van der Waals surface area contributed by atoms with Gasteiger partial charge in [0.25, 0.3) is 0 Å². The van der Waals surface area contributed by atoms with Crippen molar-refractivity contribution in [2.24, 2.45) is 0 Å². The third-order valence-corrected chi connectivity index (χ3v) is 11.7. The van der Waals surface area contributed by atoms with Crippen LogP contribution < -0.4 is 0 Å². The van der Waals surface area contributed by atoms with Crippen molar-refractivity contribution in [3.05, 3.63) is 170 Å². The van der Waals surface area contributed by atoms with Gasteiger partial charge in [-0.3, -0.25) is 14.4 Å². The van der Waals surface area contributed by atoms with Gasteiger partial charge in [-0.05, 0) is 148 Å². The Morgan fingerprint density at radius 3 is 0.867 bits per heavy atom. The zero-order valence-electron chi connectivity index (χ0n) is 47.7. The molecule has 0 amide bonds. The molecule has 0 radical (unpaired) electrons. The van der Waals surface area contributed by atoms with Gasteiger partial charge in [-0.2, -0.15) is 0 Å². The van der Waals surface area contributed by atoms with Crippen LogP contribution in [0.2, 0.25) is 0 Å². The smallest absolute Gasteiger partial charge is 0.306 e. The van der Waals surface area contributed by atoms with Crippen LogP contribution >= 0.6 is 0 Å². The van der Waals surface area contributed by atoms with Crippen molar-refractivity contribution in [2.75, 3.05) is 13.2 Å². The van der Waals surface area contributed by atoms with E-state index in [2.05, 4.69) is 179 Å². The van der Waals surface area contributed by atoms with Crippen LogP contribution in [0.15, 0.2) is 170 Å². The van der Waals surface area contributed by atoms with E-state index in [1.165, 1.54) is 51.4 Å². The number of rotatable bonds is 51. The molecular weight excluding hydrogens is 925 g/mol. The SMILES string of the molecule is CC/C=C\C/C=C\C/C=C\C/C=C\C/C=C\C/C=C\CCC(=O)OC[C@@H](COC(=O)CCCCC/C=C\C/C=C\C/C=C\C/C=C\CCCCC)OC(=O)CCCCC/C=C\C/C=C\C/C=C\C/C=C\CCCCC. The maximum absolute atomic E-state index is 12.9. The molecule has 0 aliphatic rings. The minimum atomic E-state index is -0.850. The van der Waals surface area contributed by atoms with E-state index >= 15 is 0 Å². The second-order valence-corrected chi connectivity index (χ2v) is 18.8. The summed E-state index contributed by atoms with van der Waals surface area (Å²) in [5.74, 6) is -1.10. The number of hydrogen-bond acceptors (Lipinski definition) is 6. The van der Waals surface area contributed by atoms with Gasteiger partial charge in [0.1, 0.15) is 13.2 Å². The Kier molecular flexibility index (Phi) is 57.0. The van der Waals surface area contributed by atoms with Gasteiger partial charge in [0.2, 0.25) is 0 Å². The Morgan fingerprint density at radius 2 is 0.547 bits per heavy atom. The van der Waals surface area contributed by atoms with Crippen LogP contribution in [0.25, 0.3) is 0 Å². The van der Waals surface area contributed by atoms with Crippen LogP contribution in [0.1, 0.15) is 226 Å². The molecule has 0 aliphatic carbocycles. The molecule has 0 heterocycles. The molecule has 75 heavy (non-hydrogen) atoms. The Labute approximate surface area is 460 Å². The van der Waals surface area contributed by atoms with E-state index in [-0.39, 0.29) is 44.0 Å². The first-order chi connectivity index (χ1) is 37.0. The Hall–Kier alpha value is -5.23. The maximum Gasteiger partial charge on any atom is 0.306 e. The predicted octanol–water partition coefficient (Wildman–Crippen LogP) is 20.3. The Morgan fingerprint density at radius 1 is 0.280 bits per heavy atom. The monoisotopic (exact) mass is 1030 g/mol. The molecule has 418 valence electrons. The molecule has 6 heteroatoms. The fourth-order valence-electron chi connectivity index (χ4n) is 7.26. The van der Waals surface area contributed by atoms with Crippen LogP contribution in [0.3, 0.4) is 0 Å². The summed E-state index contributed by atoms with van der Waals surface area (Å²) in [6.45, 7) is 6.33. The lowest BCUT2D eigenvalue weighted by atomic mass is 10.1. The number of hydrogen-bond donors (Lipinski definition) is 0. The number of ether oxygens (including phenoxy) is 3. The van der Waals surface area contributed by atoms with Crippen molar-refractivity contribution in [3.8, 4) is 0 Å². The van der Waals surface area contributed by atoms with Gasteiger partial charge in [-0.25, -0.2) is 0 Å². The van der Waals surface area contributed by atoms with Crippen molar-refractivity contribution in [3.63, 3.8) is 0 Å². The summed E-state index contributed by atoms with van der Waals surface area (Å²) in [6, 6.07) is 0. The minimum Gasteiger partial charge on any atom is -0.462 e. The van der Waals surface area contributed by atoms with Gasteiger partial charge in [-0.1, -0.05) is 229 Å². The first-order valence-electron chi connectivity index (χ1n) is 29.6. The largest absolute Gasteiger partial charge is 0.462 e. The van der Waals surface area contributed by atoms with E-state index in [1.807, 2.05) is 12.2 Å². The summed E-state index contributed by atoms with van der Waals surface area (Å²) in [6.07, 6.45) is 90.6. The van der Waals surface area contributed by atoms with Gasteiger partial charge in [0, 0.05) is 19.3 Å². The van der Waals surface area contributed by atoms with Gasteiger partial charge >= 0.3 is 17.9 Å². The first-order valence-corrected chi connectivity index (χ1v) is 29.6. The Bertz CT molecular complexity index is 1750. The number of unbranched alkanes of at least 4 members (excludes halogenated alkanes) is 12. The third-order valence-electron chi connectivity index (χ3n) is 11.7. The second-order valence-electron chi connectivity index (χ2n) is 18.8. The molecule has 0 unspecified atom stereocenters. The summed E-state index contributed by atoms with van der Waals surface area (Å²) in [4.78, 5) is 38.2. The Balaban J connectivity index is 4.66. The molecule has 0 aromatic carbocycles. The quantitative estimate of drug-likeness (QED) is 0.0261. The molecule has 6 nitrogen and oxygen atoms in total. The van der Waals surface area contributed by atoms with E-state index in [4.69, 9.17) is 14.2 Å². The van der Waals surface area contributed by atoms with Crippen LogP contribution in [0.5, 0.6) is 0 Å². The fourth-order valence-corrected chi connectivity index (χ4v) is 7.26. The molecule has 0 spiro atoms. The van der Waals surface area contributed by atoms with Crippen LogP contribution in [-0.4, -0.2) is 37.2 Å². The summed E-state index contributed by atoms with van der Waals surface area (Å²) in [7, 11) is 0. The predicted molar refractivity (Wildman–Crippen MR) is 325 cm³/mol. The molecular formula is C69H106O6. The van der Waals surface area contributed by atoms with Crippen molar-refractivity contribution in [1.82, 2.24) is 0 Å². The third kappa shape index (κ3) is 59.5. The van der Waals surface area contributed by atoms with E-state index in [0.717, 1.165) is 122 Å². The lowest BCUT2D eigenvalue weighted by Gasteiger charge is -2.18. The molecule has 0 aromatic rings. The number of carbonyl (C=O) groups is 3. The highest BCUT2D eigenvalue weighted by molar-refractivity contribution is 5.71. The highest BCUT2D eigenvalue weighted by Crippen LogP contribution is 2.11. The van der Waals surface area contributed by atoms with Crippen molar-refractivity contribution in [2.45, 2.75) is 232 Å². The minimum absolute atomic E-state index is 0.140. The van der Waals surface area contributed by atoms with Gasteiger partial charge in [-0.15, -0.1) is 0 Å². The molecule has 1 atom stereocenters. The van der Waals surface area contributed by atoms with E-state index in [9.17, 15) is 14.4 Å². The average molecular weight is 1030 g/mol. The van der Waals surface area contributed by atoms with Gasteiger partial charge in [0.05, 0.1) is 0 Å². The standard InChI is InChI=1S/C69H106O6/c1-4-7-10-13-16-19-22-25-28-31-34-37-40-43-46-49-52-55-58-61-67(70)73-64-66(75-69(72)63-60-57-54-51-48-45-42-39-36-33-30-27-24-21-18-15-12-9-6-3)65-74-68(71)62-59-56-53-50-47-44-41-38-35-32-29-26-23-20-17-14-11-8-5-2/h7,10,16-21,25-30,34-39,43-48,52,55,66H,4-6,8-9,11-15,22-24,31-33,40-42,49-51,53-54,56-65H2,1-3H3/b10-7-,19-16-,20-17-,21-18-,28-25-,29-26-,30-27-,37-34-,38-35-,39-36-,46-43-,47-44-,48-45-,55-52-/t66-/m0/s1. The molecule has 0 saturated carbocycles. The molecule has 0 fully saturated rings. The van der Waals surface area contributed by atoms with Crippen molar-refractivity contribution >= 4 is 17.9 Å². The zero-order valence-corrected chi connectivity index (χ0v) is 47.7. The highest BCUT2D eigenvalue weighted by atomic mass is 16.6. The molecule has 0 aliphatic heterocycles. The molecule has 0 saturated heterocycles. The second kappa shape index (κ2) is 61.3. The van der Waals surface area contributed by atoms with E-state index in [1.54, 1.807) is 0 Å². The fraction of sp³-hybridized carbons (Fsp3) is 0.551. The van der Waals surface area contributed by atoms with Gasteiger partial charge in [0.15, 0.2) is 6.10 Å². The first kappa shape index (κ1) is 69.8. The van der Waals surface area contributed by atoms with Crippen LogP contribution in [0.4, 0.5) is 0 Å². The van der Waals surface area contributed by atoms with Crippen LogP contribution in [-0.2, 0) is 28.6 Å². The van der Waals surface area contributed by atoms with Gasteiger partial charge < -0.3 is 14.2 Å². The lowest BCUT2D eigenvalue weighted by molar-refractivity contribution is -0.166. The summed E-state index contributed by atoms with van der Waals surface area (Å²) >= 11 is 0. The summed E-state index contributed by atoms with van der Waals surface area (Å²) in [5.41, 5.74) is 0. The number of allylic oxidation sites excluding steroid dienone is 28. The summed E-state index contributed by atoms with van der Waals surface area (Å²) < 4.78 is 16.8. The lowest BCUT2D eigenvalue weighted by Crippen LogP contribution is -2.30. The van der Waals surface area contributed by atoms with Crippen LogP contribution in [0, 0.1) is 0 Å². The topological polar surface area (TPSA) is 78.9 Å². The highest BCUT2D eigenvalue weighted by Gasteiger charge is 2.19. The molecule has 0 N–H and O–H groups in total. The van der Waals surface area contributed by atoms with E-state index < -0.39 is 6.10 Å². The number of esters is 3. The molecule has 0 bridgehead atoms. The van der Waals surface area contributed by atoms with Crippen molar-refractivity contribution in [1.29, 1.82) is 0 Å². The summed E-state index contributed by atoms with van der Waals surface area (Å²) in [5, 5.41) is 0. The normalized spacial score (nSPS) is 13.4. The maximum atomic E-state index is 12.9.